The van der Waals surface area contributed by atoms with E-state index in [9.17, 15) is 17.6 Å². The number of rotatable bonds is 1. The Hall–Kier alpha value is -1.14. The topological polar surface area (TPSA) is 21.8 Å². The highest BCUT2D eigenvalue weighted by Gasteiger charge is 2.60. The molecule has 0 spiro atoms. The van der Waals surface area contributed by atoms with Crippen LogP contribution < -0.4 is 0 Å². The van der Waals surface area contributed by atoms with E-state index in [1.54, 1.807) is 0 Å². The molecule has 18 heavy (non-hydrogen) atoms. The van der Waals surface area contributed by atoms with Crippen molar-refractivity contribution in [2.24, 2.45) is 0 Å². The Balaban J connectivity index is 1.95. The first-order valence-corrected chi connectivity index (χ1v) is 5.56. The molecule has 2 atom stereocenters. The average molecular weight is 262 g/mol. The molecule has 0 aromatic heterocycles. The van der Waals surface area contributed by atoms with Crippen molar-refractivity contribution in [2.45, 2.75) is 24.3 Å². The minimum absolute atomic E-state index is 0.198. The highest BCUT2D eigenvalue weighted by Crippen LogP contribution is 2.52. The predicted molar refractivity (Wildman–Crippen MR) is 53.4 cm³/mol. The van der Waals surface area contributed by atoms with Crippen LogP contribution >= 0.6 is 0 Å². The third-order valence-corrected chi connectivity index (χ3v) is 3.45. The highest BCUT2D eigenvalue weighted by molar-refractivity contribution is 5.35. The van der Waals surface area contributed by atoms with E-state index < -0.39 is 23.2 Å². The molecule has 0 aliphatic carbocycles. The van der Waals surface area contributed by atoms with E-state index in [-0.39, 0.29) is 11.7 Å². The van der Waals surface area contributed by atoms with Crippen molar-refractivity contribution >= 4 is 0 Å². The minimum atomic E-state index is -4.53. The first kappa shape index (κ1) is 11.9. The Labute approximate surface area is 100 Å². The maximum atomic E-state index is 13.8. The molecule has 0 radical (unpaired) electrons. The number of ether oxygens (including phenoxy) is 2. The smallest absolute Gasteiger partial charge is 0.378 e. The van der Waals surface area contributed by atoms with Crippen LogP contribution in [0, 0.1) is 5.82 Å². The van der Waals surface area contributed by atoms with E-state index >= 15 is 0 Å². The molecular weight excluding hydrogens is 252 g/mol. The summed E-state index contributed by atoms with van der Waals surface area (Å²) in [4.78, 5) is 0. The summed E-state index contributed by atoms with van der Waals surface area (Å²) in [6, 6.07) is 2.59. The number of hydrogen-bond acceptors (Lipinski definition) is 2. The van der Waals surface area contributed by atoms with E-state index in [2.05, 4.69) is 0 Å². The van der Waals surface area contributed by atoms with Crippen molar-refractivity contribution in [1.82, 2.24) is 0 Å². The van der Waals surface area contributed by atoms with Crippen molar-refractivity contribution in [3.8, 4) is 0 Å². The lowest BCUT2D eigenvalue weighted by Gasteiger charge is -2.19. The van der Waals surface area contributed by atoms with E-state index in [4.69, 9.17) is 9.47 Å². The van der Waals surface area contributed by atoms with Crippen LogP contribution in [0.25, 0.3) is 0 Å². The lowest BCUT2D eigenvalue weighted by molar-refractivity contribution is -0.137. The number of fused-ring (bicyclic) bond motifs is 1. The first-order valence-electron chi connectivity index (χ1n) is 5.56. The molecule has 2 saturated heterocycles. The molecule has 2 aliphatic rings. The molecule has 0 N–H and O–H groups in total. The molecule has 98 valence electrons. The quantitative estimate of drug-likeness (QED) is 0.573. The van der Waals surface area contributed by atoms with Crippen LogP contribution in [-0.4, -0.2) is 19.3 Å². The number of hydrogen-bond donors (Lipinski definition) is 0. The van der Waals surface area contributed by atoms with Gasteiger partial charge in [0, 0.05) is 18.6 Å². The lowest BCUT2D eigenvalue weighted by Crippen LogP contribution is -2.25. The Kier molecular flexibility index (Phi) is 2.44. The van der Waals surface area contributed by atoms with Crippen LogP contribution in [0.1, 0.15) is 17.5 Å². The van der Waals surface area contributed by atoms with Crippen molar-refractivity contribution in [1.29, 1.82) is 0 Å². The third kappa shape index (κ3) is 1.71. The molecule has 2 unspecified atom stereocenters. The van der Waals surface area contributed by atoms with Crippen molar-refractivity contribution in [2.75, 3.05) is 13.2 Å². The predicted octanol–water partition coefficient (Wildman–Crippen LogP) is 2.86. The van der Waals surface area contributed by atoms with Gasteiger partial charge in [-0.2, -0.15) is 13.2 Å². The van der Waals surface area contributed by atoms with Gasteiger partial charge in [-0.3, -0.25) is 0 Å². The Morgan fingerprint density at radius 3 is 2.67 bits per heavy atom. The molecule has 0 saturated carbocycles. The first-order chi connectivity index (χ1) is 8.43. The zero-order valence-corrected chi connectivity index (χ0v) is 9.26. The number of alkyl halides is 3. The largest absolute Gasteiger partial charge is 0.416 e. The molecule has 2 fully saturated rings. The van der Waals surface area contributed by atoms with Gasteiger partial charge in [0.05, 0.1) is 12.2 Å². The summed E-state index contributed by atoms with van der Waals surface area (Å²) in [5.74, 6) is -0.866. The molecule has 1 aromatic carbocycles. The SMILES string of the molecule is Fc1cc(C(F)(F)F)ccc1C12CCOCC1O2. The van der Waals surface area contributed by atoms with E-state index in [1.165, 1.54) is 6.07 Å². The summed E-state index contributed by atoms with van der Waals surface area (Å²) in [5.41, 5.74) is -1.56. The summed E-state index contributed by atoms with van der Waals surface area (Å²) < 4.78 is 61.7. The fourth-order valence-corrected chi connectivity index (χ4v) is 2.43. The number of epoxide rings is 1. The second-order valence-electron chi connectivity index (χ2n) is 4.51. The van der Waals surface area contributed by atoms with Gasteiger partial charge in [0.25, 0.3) is 0 Å². The van der Waals surface area contributed by atoms with Gasteiger partial charge in [0.2, 0.25) is 0 Å². The highest BCUT2D eigenvalue weighted by atomic mass is 19.4. The van der Waals surface area contributed by atoms with Crippen molar-refractivity contribution in [3.63, 3.8) is 0 Å². The van der Waals surface area contributed by atoms with Gasteiger partial charge >= 0.3 is 6.18 Å². The summed E-state index contributed by atoms with van der Waals surface area (Å²) >= 11 is 0. The van der Waals surface area contributed by atoms with Crippen molar-refractivity contribution in [3.05, 3.63) is 35.1 Å². The Morgan fingerprint density at radius 2 is 2.06 bits per heavy atom. The normalized spacial score (nSPS) is 31.0. The second kappa shape index (κ2) is 3.68. The lowest BCUT2D eigenvalue weighted by atomic mass is 9.90. The van der Waals surface area contributed by atoms with E-state index in [0.29, 0.717) is 25.7 Å². The molecule has 3 rings (SSSR count). The maximum Gasteiger partial charge on any atom is 0.416 e. The van der Waals surface area contributed by atoms with Crippen molar-refractivity contribution < 1.29 is 27.0 Å². The fraction of sp³-hybridized carbons (Fsp3) is 0.500. The summed E-state index contributed by atoms with van der Waals surface area (Å²) in [5, 5.41) is 0. The maximum absolute atomic E-state index is 13.8. The fourth-order valence-electron chi connectivity index (χ4n) is 2.43. The molecule has 6 heteroatoms. The number of halogens is 4. The van der Waals surface area contributed by atoms with Crippen LogP contribution in [-0.2, 0) is 21.3 Å². The van der Waals surface area contributed by atoms with Crippen LogP contribution in [0.3, 0.4) is 0 Å². The minimum Gasteiger partial charge on any atom is -0.378 e. The molecule has 2 heterocycles. The summed E-state index contributed by atoms with van der Waals surface area (Å²) in [6.07, 6.45) is -4.30. The Bertz CT molecular complexity index is 485. The Morgan fingerprint density at radius 1 is 1.28 bits per heavy atom. The van der Waals surface area contributed by atoms with Crippen LogP contribution in [0.2, 0.25) is 0 Å². The standard InChI is InChI=1S/C12H10F4O2/c13-9-5-7(12(14,15)16)1-2-8(9)11-3-4-17-6-10(11)18-11/h1-2,5,10H,3-4,6H2. The van der Waals surface area contributed by atoms with E-state index in [0.717, 1.165) is 6.07 Å². The monoisotopic (exact) mass is 262 g/mol. The molecule has 2 nitrogen and oxygen atoms in total. The molecule has 0 amide bonds. The third-order valence-electron chi connectivity index (χ3n) is 3.45. The summed E-state index contributed by atoms with van der Waals surface area (Å²) in [7, 11) is 0. The van der Waals surface area contributed by atoms with Gasteiger partial charge < -0.3 is 9.47 Å². The van der Waals surface area contributed by atoms with E-state index in [1.807, 2.05) is 0 Å². The van der Waals surface area contributed by atoms with Gasteiger partial charge in [-0.15, -0.1) is 0 Å². The summed E-state index contributed by atoms with van der Waals surface area (Å²) in [6.45, 7) is 0.789. The van der Waals surface area contributed by atoms with Gasteiger partial charge in [0.1, 0.15) is 17.5 Å². The van der Waals surface area contributed by atoms with Gasteiger partial charge in [0.15, 0.2) is 0 Å². The van der Waals surface area contributed by atoms with Crippen LogP contribution in [0.15, 0.2) is 18.2 Å². The second-order valence-corrected chi connectivity index (χ2v) is 4.51. The molecule has 2 aliphatic heterocycles. The van der Waals surface area contributed by atoms with Gasteiger partial charge in [-0.05, 0) is 12.1 Å². The molecule has 0 bridgehead atoms. The zero-order valence-electron chi connectivity index (χ0n) is 9.26. The molecule has 1 aromatic rings. The molecular formula is C12H10F4O2. The number of benzene rings is 1. The van der Waals surface area contributed by atoms with Gasteiger partial charge in [-0.25, -0.2) is 4.39 Å². The zero-order chi connectivity index (χ0) is 13.0. The van der Waals surface area contributed by atoms with Crippen LogP contribution in [0.4, 0.5) is 17.6 Å². The van der Waals surface area contributed by atoms with Crippen LogP contribution in [0.5, 0.6) is 0 Å². The van der Waals surface area contributed by atoms with Gasteiger partial charge in [-0.1, -0.05) is 6.07 Å². The average Bonchev–Trinajstić information content (AvgIpc) is 3.02.